The van der Waals surface area contributed by atoms with Gasteiger partial charge in [-0.2, -0.15) is 0 Å². The Balaban J connectivity index is 2.29. The molecule has 0 saturated heterocycles. The third-order valence-electron chi connectivity index (χ3n) is 4.04. The van der Waals surface area contributed by atoms with Crippen molar-refractivity contribution in [2.24, 2.45) is 0 Å². The molecule has 3 N–H and O–H groups in total. The molecule has 22 heavy (non-hydrogen) atoms. The average molecular weight is 302 g/mol. The van der Waals surface area contributed by atoms with E-state index in [0.29, 0.717) is 12.0 Å². The summed E-state index contributed by atoms with van der Waals surface area (Å²) < 4.78 is 0. The number of benzene rings is 1. The van der Waals surface area contributed by atoms with E-state index in [9.17, 15) is 14.7 Å². The number of aryl methyl sites for hydroxylation is 2. The molecule has 0 aliphatic carbocycles. The minimum Gasteiger partial charge on any atom is -0.480 e. The molecule has 0 spiro atoms. The second-order valence-electron chi connectivity index (χ2n) is 5.61. The Morgan fingerprint density at radius 2 is 2.05 bits per heavy atom. The van der Waals surface area contributed by atoms with Crippen LogP contribution in [0.2, 0.25) is 0 Å². The molecule has 0 aliphatic heterocycles. The normalized spacial score (nSPS) is 12.3. The number of unbranched alkanes of at least 4 members (excludes halogenated alkanes) is 1. The summed E-state index contributed by atoms with van der Waals surface area (Å²) >= 11 is 0. The fourth-order valence-corrected chi connectivity index (χ4v) is 2.57. The smallest absolute Gasteiger partial charge is 0.326 e. The second kappa shape index (κ2) is 6.64. The van der Waals surface area contributed by atoms with E-state index in [0.717, 1.165) is 35.0 Å². The monoisotopic (exact) mass is 302 g/mol. The summed E-state index contributed by atoms with van der Waals surface area (Å²) in [7, 11) is 0. The van der Waals surface area contributed by atoms with Crippen molar-refractivity contribution in [1.82, 2.24) is 10.3 Å². The van der Waals surface area contributed by atoms with Crippen molar-refractivity contribution in [2.45, 2.75) is 46.1 Å². The molecule has 1 atom stereocenters. The van der Waals surface area contributed by atoms with E-state index in [1.807, 2.05) is 32.9 Å². The van der Waals surface area contributed by atoms with Gasteiger partial charge in [0.25, 0.3) is 5.91 Å². The maximum atomic E-state index is 12.5. The van der Waals surface area contributed by atoms with Crippen LogP contribution in [-0.4, -0.2) is 28.0 Å². The van der Waals surface area contributed by atoms with Gasteiger partial charge in [0.2, 0.25) is 0 Å². The minimum atomic E-state index is -0.993. The van der Waals surface area contributed by atoms with Gasteiger partial charge >= 0.3 is 5.97 Å². The van der Waals surface area contributed by atoms with Crippen LogP contribution in [0.1, 0.15) is 47.8 Å². The van der Waals surface area contributed by atoms with Gasteiger partial charge in [0.15, 0.2) is 0 Å². The Hall–Kier alpha value is -2.30. The molecule has 0 radical (unpaired) electrons. The van der Waals surface area contributed by atoms with Crippen LogP contribution in [0.4, 0.5) is 0 Å². The van der Waals surface area contributed by atoms with Crippen molar-refractivity contribution >= 4 is 22.8 Å². The molecular formula is C17H22N2O3. The molecule has 1 aromatic carbocycles. The number of aromatic amines is 1. The molecule has 2 aromatic rings. The number of carbonyl (C=O) groups excluding carboxylic acids is 1. The summed E-state index contributed by atoms with van der Waals surface area (Å²) in [4.78, 5) is 26.9. The Bertz CT molecular complexity index is 703. The number of amides is 1. The Labute approximate surface area is 129 Å². The molecule has 5 nitrogen and oxygen atoms in total. The second-order valence-corrected chi connectivity index (χ2v) is 5.61. The summed E-state index contributed by atoms with van der Waals surface area (Å²) in [6.45, 7) is 5.95. The number of para-hydroxylation sites is 1. The maximum Gasteiger partial charge on any atom is 0.326 e. The minimum absolute atomic E-state index is 0.352. The summed E-state index contributed by atoms with van der Waals surface area (Å²) in [6, 6.07) is 4.64. The highest BCUT2D eigenvalue weighted by Crippen LogP contribution is 2.24. The molecule has 0 saturated carbocycles. The molecule has 0 unspecified atom stereocenters. The summed E-state index contributed by atoms with van der Waals surface area (Å²) in [5.74, 6) is -1.34. The molecule has 5 heteroatoms. The number of hydrogen-bond donors (Lipinski definition) is 3. The maximum absolute atomic E-state index is 12.5. The van der Waals surface area contributed by atoms with Crippen LogP contribution in [0.25, 0.3) is 10.9 Å². The lowest BCUT2D eigenvalue weighted by atomic mass is 10.1. The fourth-order valence-electron chi connectivity index (χ4n) is 2.57. The number of hydrogen-bond acceptors (Lipinski definition) is 2. The van der Waals surface area contributed by atoms with Crippen LogP contribution in [0.3, 0.4) is 0 Å². The first-order chi connectivity index (χ1) is 10.5. The lowest BCUT2D eigenvalue weighted by molar-refractivity contribution is -0.139. The number of carbonyl (C=O) groups is 2. The van der Waals surface area contributed by atoms with Crippen LogP contribution < -0.4 is 5.32 Å². The zero-order chi connectivity index (χ0) is 16.3. The molecule has 118 valence electrons. The van der Waals surface area contributed by atoms with Gasteiger partial charge in [-0.05, 0) is 31.9 Å². The van der Waals surface area contributed by atoms with Gasteiger partial charge in [-0.25, -0.2) is 4.79 Å². The number of H-pyrrole nitrogens is 1. The predicted octanol–water partition coefficient (Wildman–Crippen LogP) is 3.16. The quantitative estimate of drug-likeness (QED) is 0.766. The molecule has 1 aromatic heterocycles. The molecule has 1 heterocycles. The summed E-state index contributed by atoms with van der Waals surface area (Å²) in [5, 5.41) is 12.9. The van der Waals surface area contributed by atoms with Crippen LogP contribution >= 0.6 is 0 Å². The zero-order valence-corrected chi connectivity index (χ0v) is 13.2. The van der Waals surface area contributed by atoms with Crippen LogP contribution in [-0.2, 0) is 4.79 Å². The third kappa shape index (κ3) is 3.13. The van der Waals surface area contributed by atoms with Crippen LogP contribution in [0.5, 0.6) is 0 Å². The van der Waals surface area contributed by atoms with Gasteiger partial charge in [0, 0.05) is 11.1 Å². The SMILES string of the molecule is CCCC[C@H](NC(=O)c1cccc2c(C)c(C)[nH]c12)C(=O)O. The predicted molar refractivity (Wildman–Crippen MR) is 86.2 cm³/mol. The highest BCUT2D eigenvalue weighted by atomic mass is 16.4. The Morgan fingerprint density at radius 3 is 2.68 bits per heavy atom. The van der Waals surface area contributed by atoms with E-state index in [1.54, 1.807) is 6.07 Å². The van der Waals surface area contributed by atoms with Crippen molar-refractivity contribution in [1.29, 1.82) is 0 Å². The van der Waals surface area contributed by atoms with Crippen molar-refractivity contribution < 1.29 is 14.7 Å². The highest BCUT2D eigenvalue weighted by Gasteiger charge is 2.21. The largest absolute Gasteiger partial charge is 0.480 e. The molecule has 2 rings (SSSR count). The average Bonchev–Trinajstić information content (AvgIpc) is 2.78. The van der Waals surface area contributed by atoms with Crippen LogP contribution in [0, 0.1) is 13.8 Å². The first-order valence-electron chi connectivity index (χ1n) is 7.57. The van der Waals surface area contributed by atoms with Gasteiger partial charge in [0.05, 0.1) is 11.1 Å². The van der Waals surface area contributed by atoms with E-state index in [2.05, 4.69) is 10.3 Å². The van der Waals surface area contributed by atoms with Gasteiger partial charge in [0.1, 0.15) is 6.04 Å². The summed E-state index contributed by atoms with van der Waals surface area (Å²) in [6.07, 6.45) is 2.10. The number of aliphatic carboxylic acids is 1. The van der Waals surface area contributed by atoms with Crippen molar-refractivity contribution in [3.8, 4) is 0 Å². The fraction of sp³-hybridized carbons (Fsp3) is 0.412. The Kier molecular flexibility index (Phi) is 4.85. The van der Waals surface area contributed by atoms with E-state index >= 15 is 0 Å². The van der Waals surface area contributed by atoms with Crippen molar-refractivity contribution in [3.63, 3.8) is 0 Å². The first kappa shape index (κ1) is 16.1. The molecule has 0 fully saturated rings. The van der Waals surface area contributed by atoms with E-state index in [1.165, 1.54) is 0 Å². The number of carboxylic acids is 1. The van der Waals surface area contributed by atoms with Gasteiger partial charge in [-0.3, -0.25) is 4.79 Å². The number of rotatable bonds is 6. The third-order valence-corrected chi connectivity index (χ3v) is 4.04. The molecular weight excluding hydrogens is 280 g/mol. The van der Waals surface area contributed by atoms with Crippen molar-refractivity contribution in [3.05, 3.63) is 35.0 Å². The highest BCUT2D eigenvalue weighted by molar-refractivity contribution is 6.07. The van der Waals surface area contributed by atoms with Gasteiger partial charge in [-0.1, -0.05) is 31.9 Å². The van der Waals surface area contributed by atoms with E-state index in [4.69, 9.17) is 0 Å². The topological polar surface area (TPSA) is 82.2 Å². The lowest BCUT2D eigenvalue weighted by Crippen LogP contribution is -2.40. The van der Waals surface area contributed by atoms with Crippen LogP contribution in [0.15, 0.2) is 18.2 Å². The number of aromatic nitrogens is 1. The number of nitrogens with one attached hydrogen (secondary N) is 2. The van der Waals surface area contributed by atoms with Crippen molar-refractivity contribution in [2.75, 3.05) is 0 Å². The lowest BCUT2D eigenvalue weighted by Gasteiger charge is -2.14. The van der Waals surface area contributed by atoms with E-state index < -0.39 is 12.0 Å². The van der Waals surface area contributed by atoms with Gasteiger partial charge < -0.3 is 15.4 Å². The standard InChI is InChI=1S/C17H22N2O3/c1-4-5-9-14(17(21)22)19-16(20)13-8-6-7-12-10(2)11(3)18-15(12)13/h6-8,14,18H,4-5,9H2,1-3H3,(H,19,20)(H,21,22)/t14-/m0/s1. The molecule has 0 aliphatic rings. The number of carboxylic acid groups (broad SMARTS) is 1. The summed E-state index contributed by atoms with van der Waals surface area (Å²) in [5.41, 5.74) is 3.35. The Morgan fingerprint density at radius 1 is 1.32 bits per heavy atom. The molecule has 1 amide bonds. The number of fused-ring (bicyclic) bond motifs is 1. The van der Waals surface area contributed by atoms with E-state index in [-0.39, 0.29) is 5.91 Å². The first-order valence-corrected chi connectivity index (χ1v) is 7.57. The van der Waals surface area contributed by atoms with Gasteiger partial charge in [-0.15, -0.1) is 0 Å². The molecule has 0 bridgehead atoms. The zero-order valence-electron chi connectivity index (χ0n) is 13.2.